The van der Waals surface area contributed by atoms with Gasteiger partial charge in [-0.25, -0.2) is 4.68 Å². The second kappa shape index (κ2) is 5.03. The predicted molar refractivity (Wildman–Crippen MR) is 65.5 cm³/mol. The highest BCUT2D eigenvalue weighted by Gasteiger charge is 2.30. The number of benzene rings is 1. The highest BCUT2D eigenvalue weighted by atomic mass is 35.5. The molecule has 1 aromatic carbocycles. The van der Waals surface area contributed by atoms with Gasteiger partial charge in [0.25, 0.3) is 0 Å². The Bertz CT molecular complexity index is 532. The molecule has 96 valence electrons. The van der Waals surface area contributed by atoms with E-state index in [-0.39, 0.29) is 26.7 Å². The van der Waals surface area contributed by atoms with Crippen LogP contribution in [0.2, 0.25) is 10.0 Å². The first-order valence-corrected chi connectivity index (χ1v) is 6.19. The number of nitrogens with zero attached hydrogens (tertiary/aromatic N) is 2. The Hall–Kier alpha value is -0.850. The van der Waals surface area contributed by atoms with Crippen molar-refractivity contribution >= 4 is 35.0 Å². The SMILES string of the molecule is FC(F)(F)Sc1cc(Cl)c(-n2cccn2)c(Cl)c1. The molecule has 18 heavy (non-hydrogen) atoms. The third-order valence-corrected chi connectivity index (χ3v) is 3.24. The van der Waals surface area contributed by atoms with Crippen LogP contribution in [0.3, 0.4) is 0 Å². The van der Waals surface area contributed by atoms with Crippen LogP contribution in [0.4, 0.5) is 13.2 Å². The molecule has 0 aliphatic heterocycles. The van der Waals surface area contributed by atoms with Gasteiger partial charge in [0.05, 0.1) is 10.0 Å². The van der Waals surface area contributed by atoms with E-state index in [1.807, 2.05) is 0 Å². The summed E-state index contributed by atoms with van der Waals surface area (Å²) in [5.41, 5.74) is -4.02. The number of alkyl halides is 3. The van der Waals surface area contributed by atoms with Gasteiger partial charge in [-0.2, -0.15) is 18.3 Å². The van der Waals surface area contributed by atoms with Crippen molar-refractivity contribution in [3.8, 4) is 5.69 Å². The summed E-state index contributed by atoms with van der Waals surface area (Å²) < 4.78 is 38.1. The molecule has 0 saturated carbocycles. The molecule has 0 aliphatic rings. The van der Waals surface area contributed by atoms with Gasteiger partial charge in [0.15, 0.2) is 0 Å². The number of hydrogen-bond donors (Lipinski definition) is 0. The van der Waals surface area contributed by atoms with Crippen molar-refractivity contribution in [1.29, 1.82) is 0 Å². The van der Waals surface area contributed by atoms with Crippen molar-refractivity contribution in [1.82, 2.24) is 9.78 Å². The van der Waals surface area contributed by atoms with Crippen LogP contribution in [0.1, 0.15) is 0 Å². The Kier molecular flexibility index (Phi) is 3.79. The summed E-state index contributed by atoms with van der Waals surface area (Å²) in [5, 5.41) is 4.15. The van der Waals surface area contributed by atoms with Gasteiger partial charge in [-0.05, 0) is 30.0 Å². The van der Waals surface area contributed by atoms with Gasteiger partial charge in [-0.3, -0.25) is 0 Å². The van der Waals surface area contributed by atoms with E-state index in [1.165, 1.54) is 23.0 Å². The lowest BCUT2D eigenvalue weighted by Gasteiger charge is -2.11. The number of halogens is 5. The summed E-state index contributed by atoms with van der Waals surface area (Å²) in [4.78, 5) is -0.0617. The van der Waals surface area contributed by atoms with Gasteiger partial charge in [-0.15, -0.1) is 0 Å². The first-order valence-electron chi connectivity index (χ1n) is 4.61. The minimum absolute atomic E-state index is 0.0617. The molecule has 2 aromatic rings. The van der Waals surface area contributed by atoms with Gasteiger partial charge in [0.2, 0.25) is 0 Å². The fourth-order valence-corrected chi connectivity index (χ4v) is 2.77. The minimum atomic E-state index is -4.38. The molecule has 0 N–H and O–H groups in total. The maximum Gasteiger partial charge on any atom is 0.446 e. The molecule has 0 unspecified atom stereocenters. The van der Waals surface area contributed by atoms with Crippen LogP contribution in [-0.4, -0.2) is 15.3 Å². The molecule has 0 saturated heterocycles. The highest BCUT2D eigenvalue weighted by Crippen LogP contribution is 2.41. The van der Waals surface area contributed by atoms with E-state index in [1.54, 1.807) is 12.3 Å². The second-order valence-corrected chi connectivity index (χ2v) is 5.19. The van der Waals surface area contributed by atoms with Crippen LogP contribution < -0.4 is 0 Å². The molecule has 2 nitrogen and oxygen atoms in total. The van der Waals surface area contributed by atoms with Crippen molar-refractivity contribution in [2.75, 3.05) is 0 Å². The standard InChI is InChI=1S/C10H5Cl2F3N2S/c11-7-4-6(18-10(13,14)15)5-8(12)9(7)17-3-1-2-16-17/h1-5H. The molecule has 0 aliphatic carbocycles. The van der Waals surface area contributed by atoms with Crippen LogP contribution in [0.25, 0.3) is 5.69 Å². The van der Waals surface area contributed by atoms with Gasteiger partial charge in [-0.1, -0.05) is 23.2 Å². The topological polar surface area (TPSA) is 17.8 Å². The van der Waals surface area contributed by atoms with E-state index in [0.717, 1.165) is 0 Å². The smallest absolute Gasteiger partial charge is 0.238 e. The molecule has 0 radical (unpaired) electrons. The lowest BCUT2D eigenvalue weighted by molar-refractivity contribution is -0.0328. The first-order chi connectivity index (χ1) is 8.37. The first kappa shape index (κ1) is 13.6. The second-order valence-electron chi connectivity index (χ2n) is 3.23. The Morgan fingerprint density at radius 2 is 1.78 bits per heavy atom. The van der Waals surface area contributed by atoms with Crippen LogP contribution >= 0.6 is 35.0 Å². The molecule has 0 amide bonds. The highest BCUT2D eigenvalue weighted by molar-refractivity contribution is 8.00. The lowest BCUT2D eigenvalue weighted by Crippen LogP contribution is -2.01. The summed E-state index contributed by atoms with van der Waals surface area (Å²) in [5.74, 6) is 0. The van der Waals surface area contributed by atoms with Gasteiger partial charge in [0, 0.05) is 17.3 Å². The van der Waals surface area contributed by atoms with Crippen LogP contribution in [0.5, 0.6) is 0 Å². The van der Waals surface area contributed by atoms with Crippen molar-refractivity contribution in [2.24, 2.45) is 0 Å². The normalized spacial score (nSPS) is 11.8. The van der Waals surface area contributed by atoms with Crippen molar-refractivity contribution in [3.05, 3.63) is 40.6 Å². The summed E-state index contributed by atoms with van der Waals surface area (Å²) >= 11 is 11.6. The third-order valence-electron chi connectivity index (χ3n) is 1.96. The average Bonchev–Trinajstić information content (AvgIpc) is 2.66. The van der Waals surface area contributed by atoms with E-state index >= 15 is 0 Å². The zero-order valence-corrected chi connectivity index (χ0v) is 10.9. The maximum absolute atomic E-state index is 12.2. The molecule has 1 aromatic heterocycles. The van der Waals surface area contributed by atoms with Crippen LogP contribution in [0, 0.1) is 0 Å². The molecule has 0 spiro atoms. The quantitative estimate of drug-likeness (QED) is 0.742. The monoisotopic (exact) mass is 312 g/mol. The summed E-state index contributed by atoms with van der Waals surface area (Å²) in [7, 11) is 0. The third kappa shape index (κ3) is 3.13. The number of hydrogen-bond acceptors (Lipinski definition) is 2. The number of thioether (sulfide) groups is 1. The van der Waals surface area contributed by atoms with Gasteiger partial charge >= 0.3 is 5.51 Å². The molecule has 0 atom stereocenters. The Morgan fingerprint density at radius 1 is 1.17 bits per heavy atom. The summed E-state index contributed by atoms with van der Waals surface area (Å²) in [6, 6.07) is 4.08. The molecule has 1 heterocycles. The van der Waals surface area contributed by atoms with Crippen molar-refractivity contribution in [3.63, 3.8) is 0 Å². The summed E-state index contributed by atoms with van der Waals surface area (Å²) in [6.07, 6.45) is 3.12. The maximum atomic E-state index is 12.2. The minimum Gasteiger partial charge on any atom is -0.238 e. The van der Waals surface area contributed by atoms with Crippen molar-refractivity contribution < 1.29 is 13.2 Å². The zero-order valence-electron chi connectivity index (χ0n) is 8.58. The van der Waals surface area contributed by atoms with E-state index in [9.17, 15) is 13.2 Å². The Morgan fingerprint density at radius 3 is 2.22 bits per heavy atom. The molecule has 2 rings (SSSR count). The lowest BCUT2D eigenvalue weighted by atomic mass is 10.3. The fourth-order valence-electron chi connectivity index (χ4n) is 1.35. The van der Waals surface area contributed by atoms with E-state index in [4.69, 9.17) is 23.2 Å². The van der Waals surface area contributed by atoms with Crippen LogP contribution in [0.15, 0.2) is 35.5 Å². The molecule has 8 heteroatoms. The number of aromatic nitrogens is 2. The molecule has 0 fully saturated rings. The predicted octanol–water partition coefficient (Wildman–Crippen LogP) is 4.79. The van der Waals surface area contributed by atoms with Gasteiger partial charge < -0.3 is 0 Å². The Labute approximate surface area is 115 Å². The molecular weight excluding hydrogens is 308 g/mol. The van der Waals surface area contributed by atoms with E-state index in [0.29, 0.717) is 5.69 Å². The van der Waals surface area contributed by atoms with Crippen LogP contribution in [-0.2, 0) is 0 Å². The van der Waals surface area contributed by atoms with Gasteiger partial charge in [0.1, 0.15) is 5.69 Å². The van der Waals surface area contributed by atoms with E-state index in [2.05, 4.69) is 5.10 Å². The van der Waals surface area contributed by atoms with Crippen molar-refractivity contribution in [2.45, 2.75) is 10.4 Å². The van der Waals surface area contributed by atoms with E-state index < -0.39 is 5.51 Å². The summed E-state index contributed by atoms with van der Waals surface area (Å²) in [6.45, 7) is 0. The largest absolute Gasteiger partial charge is 0.446 e. The molecular formula is C10H5Cl2F3N2S. The zero-order chi connectivity index (χ0) is 13.3. The fraction of sp³-hybridized carbons (Fsp3) is 0.100. The average molecular weight is 313 g/mol. The molecule has 0 bridgehead atoms. The Balaban J connectivity index is 2.42. The number of rotatable bonds is 2.